The number of carbonyl (C=O) groups is 2. The molecule has 1 aromatic carbocycles. The molecule has 0 saturated carbocycles. The van der Waals surface area contributed by atoms with Gasteiger partial charge in [-0.1, -0.05) is 18.2 Å². The second kappa shape index (κ2) is 6.38. The van der Waals surface area contributed by atoms with Crippen LogP contribution in [0.4, 0.5) is 0 Å². The van der Waals surface area contributed by atoms with Crippen LogP contribution in [0.15, 0.2) is 24.3 Å². The average molecular weight is 305 g/mol. The second-order valence-corrected chi connectivity index (χ2v) is 6.38. The predicted molar refractivity (Wildman–Crippen MR) is 82.8 cm³/mol. The van der Waals surface area contributed by atoms with E-state index in [2.05, 4.69) is 0 Å². The van der Waals surface area contributed by atoms with E-state index in [1.807, 2.05) is 38.1 Å². The van der Waals surface area contributed by atoms with Crippen LogP contribution in [-0.2, 0) is 16.0 Å². The zero-order valence-corrected chi connectivity index (χ0v) is 13.3. The third-order valence-electron chi connectivity index (χ3n) is 4.02. The summed E-state index contributed by atoms with van der Waals surface area (Å²) in [5.41, 5.74) is 0.00833. The maximum atomic E-state index is 12.4. The van der Waals surface area contributed by atoms with Crippen LogP contribution in [0.2, 0.25) is 0 Å². The molecule has 1 aliphatic heterocycles. The zero-order chi connectivity index (χ0) is 16.3. The van der Waals surface area contributed by atoms with Crippen LogP contribution in [0.1, 0.15) is 32.8 Å². The van der Waals surface area contributed by atoms with Gasteiger partial charge < -0.3 is 14.7 Å². The van der Waals surface area contributed by atoms with E-state index in [1.54, 1.807) is 11.8 Å². The first-order valence-corrected chi connectivity index (χ1v) is 7.57. The first kappa shape index (κ1) is 16.3. The normalized spacial score (nSPS) is 21.2. The maximum Gasteiger partial charge on any atom is 0.311 e. The molecule has 1 atom stereocenters. The minimum Gasteiger partial charge on any atom is -0.491 e. The summed E-state index contributed by atoms with van der Waals surface area (Å²) in [7, 11) is 0. The number of ether oxygens (including phenoxy) is 1. The van der Waals surface area contributed by atoms with E-state index in [0.29, 0.717) is 18.7 Å². The Hall–Kier alpha value is -2.04. The Bertz CT molecular complexity index is 570. The minimum atomic E-state index is -0.841. The van der Waals surface area contributed by atoms with Gasteiger partial charge in [-0.3, -0.25) is 9.59 Å². The van der Waals surface area contributed by atoms with Crippen LogP contribution in [0, 0.1) is 5.41 Å². The number of carboxylic acid groups (broad SMARTS) is 1. The highest BCUT2D eigenvalue weighted by Gasteiger charge is 2.42. The van der Waals surface area contributed by atoms with Crippen molar-refractivity contribution in [3.63, 3.8) is 0 Å². The number of nitrogens with zero attached hydrogens (tertiary/aromatic N) is 1. The molecule has 1 aliphatic rings. The fourth-order valence-electron chi connectivity index (χ4n) is 2.64. The maximum absolute atomic E-state index is 12.4. The molecule has 1 saturated heterocycles. The van der Waals surface area contributed by atoms with E-state index >= 15 is 0 Å². The van der Waals surface area contributed by atoms with Gasteiger partial charge in [0, 0.05) is 18.7 Å². The molecule has 0 aliphatic carbocycles. The van der Waals surface area contributed by atoms with Gasteiger partial charge in [-0.25, -0.2) is 0 Å². The van der Waals surface area contributed by atoms with Crippen molar-refractivity contribution in [1.82, 2.24) is 4.90 Å². The molecule has 5 nitrogen and oxygen atoms in total. The highest BCUT2D eigenvalue weighted by atomic mass is 16.5. The molecular weight excluding hydrogens is 282 g/mol. The number of hydrogen-bond acceptors (Lipinski definition) is 3. The molecule has 0 aromatic heterocycles. The van der Waals surface area contributed by atoms with Crippen LogP contribution in [0.25, 0.3) is 0 Å². The smallest absolute Gasteiger partial charge is 0.311 e. The molecule has 1 heterocycles. The largest absolute Gasteiger partial charge is 0.491 e. The van der Waals surface area contributed by atoms with Gasteiger partial charge in [0.1, 0.15) is 5.75 Å². The summed E-state index contributed by atoms with van der Waals surface area (Å²) in [6.45, 7) is 6.34. The molecule has 1 unspecified atom stereocenters. The molecule has 22 heavy (non-hydrogen) atoms. The van der Waals surface area contributed by atoms with E-state index in [9.17, 15) is 14.7 Å². The van der Waals surface area contributed by atoms with Gasteiger partial charge in [-0.05, 0) is 33.3 Å². The molecule has 1 N–H and O–H groups in total. The highest BCUT2D eigenvalue weighted by Crippen LogP contribution is 2.31. The lowest BCUT2D eigenvalue weighted by Crippen LogP contribution is -2.35. The van der Waals surface area contributed by atoms with Gasteiger partial charge in [0.2, 0.25) is 5.91 Å². The zero-order valence-electron chi connectivity index (χ0n) is 13.3. The van der Waals surface area contributed by atoms with Gasteiger partial charge in [0.15, 0.2) is 0 Å². The molecule has 0 radical (unpaired) electrons. The van der Waals surface area contributed by atoms with Crippen molar-refractivity contribution in [2.45, 2.75) is 39.7 Å². The Morgan fingerprint density at radius 2 is 2.05 bits per heavy atom. The first-order chi connectivity index (χ1) is 10.3. The Kier molecular flexibility index (Phi) is 4.74. The fraction of sp³-hybridized carbons (Fsp3) is 0.529. The number of rotatable bonds is 5. The van der Waals surface area contributed by atoms with Gasteiger partial charge in [0.25, 0.3) is 0 Å². The molecule has 1 amide bonds. The number of carboxylic acids is 1. The standard InChI is InChI=1S/C17H23NO4/c1-12(2)22-14-7-5-4-6-13(14)10-15(19)18-9-8-17(3,11-18)16(20)21/h4-7,12H,8-11H2,1-3H3,(H,20,21). The summed E-state index contributed by atoms with van der Waals surface area (Å²) < 4.78 is 5.72. The van der Waals surface area contributed by atoms with Gasteiger partial charge in [-0.2, -0.15) is 0 Å². The number of likely N-dealkylation sites (tertiary alicyclic amines) is 1. The van der Waals surface area contributed by atoms with E-state index < -0.39 is 11.4 Å². The molecule has 1 fully saturated rings. The van der Waals surface area contributed by atoms with E-state index in [1.165, 1.54) is 0 Å². The summed E-state index contributed by atoms with van der Waals surface area (Å²) >= 11 is 0. The van der Waals surface area contributed by atoms with E-state index in [0.717, 1.165) is 5.56 Å². The topological polar surface area (TPSA) is 66.8 Å². The monoisotopic (exact) mass is 305 g/mol. The second-order valence-electron chi connectivity index (χ2n) is 6.38. The van der Waals surface area contributed by atoms with Crippen molar-refractivity contribution < 1.29 is 19.4 Å². The average Bonchev–Trinajstić information content (AvgIpc) is 2.85. The summed E-state index contributed by atoms with van der Waals surface area (Å²) in [6.07, 6.45) is 0.773. The Balaban J connectivity index is 2.06. The lowest BCUT2D eigenvalue weighted by molar-refractivity contribution is -0.147. The third kappa shape index (κ3) is 3.59. The molecule has 120 valence electrons. The Morgan fingerprint density at radius 3 is 2.64 bits per heavy atom. The van der Waals surface area contributed by atoms with Gasteiger partial charge in [0.05, 0.1) is 17.9 Å². The van der Waals surface area contributed by atoms with Crippen molar-refractivity contribution in [1.29, 1.82) is 0 Å². The number of para-hydroxylation sites is 1. The number of carbonyl (C=O) groups excluding carboxylic acids is 1. The van der Waals surface area contributed by atoms with Crippen molar-refractivity contribution in [3.8, 4) is 5.75 Å². The highest BCUT2D eigenvalue weighted by molar-refractivity contribution is 5.82. The van der Waals surface area contributed by atoms with E-state index in [4.69, 9.17) is 4.74 Å². The molecule has 1 aromatic rings. The van der Waals surface area contributed by atoms with Crippen LogP contribution >= 0.6 is 0 Å². The van der Waals surface area contributed by atoms with Crippen molar-refractivity contribution in [3.05, 3.63) is 29.8 Å². The van der Waals surface area contributed by atoms with Crippen LogP contribution in [-0.4, -0.2) is 41.1 Å². The molecule has 2 rings (SSSR count). The van der Waals surface area contributed by atoms with E-state index in [-0.39, 0.29) is 25.0 Å². The van der Waals surface area contributed by atoms with Crippen molar-refractivity contribution in [2.24, 2.45) is 5.41 Å². The molecule has 0 bridgehead atoms. The summed E-state index contributed by atoms with van der Waals surface area (Å²) in [6, 6.07) is 7.49. The van der Waals surface area contributed by atoms with Crippen molar-refractivity contribution >= 4 is 11.9 Å². The lowest BCUT2D eigenvalue weighted by atomic mass is 9.90. The summed E-state index contributed by atoms with van der Waals surface area (Å²) in [4.78, 5) is 25.3. The van der Waals surface area contributed by atoms with Gasteiger partial charge in [-0.15, -0.1) is 0 Å². The Labute approximate surface area is 130 Å². The number of aliphatic carboxylic acids is 1. The number of amides is 1. The van der Waals surface area contributed by atoms with Crippen LogP contribution in [0.3, 0.4) is 0 Å². The van der Waals surface area contributed by atoms with Crippen LogP contribution < -0.4 is 4.74 Å². The predicted octanol–water partition coefficient (Wildman–Crippen LogP) is 2.34. The first-order valence-electron chi connectivity index (χ1n) is 7.57. The summed E-state index contributed by atoms with van der Waals surface area (Å²) in [5, 5.41) is 9.25. The molecule has 0 spiro atoms. The summed E-state index contributed by atoms with van der Waals surface area (Å²) in [5.74, 6) is -0.179. The van der Waals surface area contributed by atoms with Gasteiger partial charge >= 0.3 is 5.97 Å². The SMILES string of the molecule is CC(C)Oc1ccccc1CC(=O)N1CCC(C)(C(=O)O)C1. The quantitative estimate of drug-likeness (QED) is 0.906. The number of hydrogen-bond donors (Lipinski definition) is 1. The van der Waals surface area contributed by atoms with Crippen LogP contribution in [0.5, 0.6) is 5.75 Å². The van der Waals surface area contributed by atoms with Crippen molar-refractivity contribution in [2.75, 3.05) is 13.1 Å². The third-order valence-corrected chi connectivity index (χ3v) is 4.02. The molecular formula is C17H23NO4. The molecule has 5 heteroatoms. The lowest BCUT2D eigenvalue weighted by Gasteiger charge is -2.21. The Morgan fingerprint density at radius 1 is 1.36 bits per heavy atom. The minimum absolute atomic E-state index is 0.0401. The fourth-order valence-corrected chi connectivity index (χ4v) is 2.64. The number of benzene rings is 1.